The van der Waals surface area contributed by atoms with Crippen LogP contribution in [-0.2, 0) is 0 Å². The van der Waals surface area contributed by atoms with Gasteiger partial charge in [-0.25, -0.2) is 4.98 Å². The Labute approximate surface area is 105 Å². The number of anilines is 1. The molecule has 0 saturated carbocycles. The van der Waals surface area contributed by atoms with E-state index in [0.29, 0.717) is 11.6 Å². The molecule has 2 aromatic carbocycles. The van der Waals surface area contributed by atoms with Crippen molar-refractivity contribution in [2.45, 2.75) is 6.92 Å². The second kappa shape index (κ2) is 4.07. The number of aryl methyl sites for hydroxylation is 1. The molecule has 0 spiro atoms. The van der Waals surface area contributed by atoms with Gasteiger partial charge in [-0.15, -0.1) is 5.10 Å². The largest absolute Gasteiger partial charge is 0.382 e. The Morgan fingerprint density at radius 3 is 2.61 bits per heavy atom. The molecule has 88 valence electrons. The molecule has 0 atom stereocenters. The number of rotatable bonds is 1. The fraction of sp³-hybridized carbons (Fsp3) is 0.0714. The summed E-state index contributed by atoms with van der Waals surface area (Å²) in [4.78, 5) is 4.17. The van der Waals surface area contributed by atoms with Crippen LogP contribution in [0.25, 0.3) is 22.2 Å². The summed E-state index contributed by atoms with van der Waals surface area (Å²) in [6, 6.07) is 12.4. The van der Waals surface area contributed by atoms with E-state index in [0.717, 1.165) is 10.9 Å². The molecular weight excluding hydrogens is 224 g/mol. The molecule has 3 aromatic rings. The van der Waals surface area contributed by atoms with Crippen molar-refractivity contribution in [2.75, 3.05) is 5.73 Å². The SMILES string of the molecule is Cc1ccc2cc(-c3nncc(N)n3)ccc2c1. The first-order chi connectivity index (χ1) is 8.72. The molecule has 2 N–H and O–H groups in total. The van der Waals surface area contributed by atoms with E-state index < -0.39 is 0 Å². The molecule has 0 aliphatic carbocycles. The lowest BCUT2D eigenvalue weighted by Crippen LogP contribution is -1.97. The molecule has 0 saturated heterocycles. The van der Waals surface area contributed by atoms with Crippen LogP contribution in [0.1, 0.15) is 5.56 Å². The van der Waals surface area contributed by atoms with Gasteiger partial charge in [0.2, 0.25) is 0 Å². The van der Waals surface area contributed by atoms with Gasteiger partial charge in [0.05, 0.1) is 6.20 Å². The van der Waals surface area contributed by atoms with Crippen LogP contribution in [0.4, 0.5) is 5.82 Å². The lowest BCUT2D eigenvalue weighted by molar-refractivity contribution is 0.987. The Kier molecular flexibility index (Phi) is 2.41. The predicted octanol–water partition coefficient (Wildman–Crippen LogP) is 2.58. The first kappa shape index (κ1) is 10.7. The number of nitrogens with two attached hydrogens (primary N) is 1. The lowest BCUT2D eigenvalue weighted by atomic mass is 10.0. The molecule has 0 unspecified atom stereocenters. The lowest BCUT2D eigenvalue weighted by Gasteiger charge is -2.03. The van der Waals surface area contributed by atoms with Gasteiger partial charge in [-0.05, 0) is 23.8 Å². The second-order valence-electron chi connectivity index (χ2n) is 4.27. The highest BCUT2D eigenvalue weighted by atomic mass is 15.2. The highest BCUT2D eigenvalue weighted by Gasteiger charge is 2.03. The smallest absolute Gasteiger partial charge is 0.183 e. The third-order valence-corrected chi connectivity index (χ3v) is 2.83. The van der Waals surface area contributed by atoms with Gasteiger partial charge >= 0.3 is 0 Å². The van der Waals surface area contributed by atoms with Crippen LogP contribution in [0.3, 0.4) is 0 Å². The summed E-state index contributed by atoms with van der Waals surface area (Å²) in [5, 5.41) is 10.2. The number of nitrogens with zero attached hydrogens (tertiary/aromatic N) is 3. The van der Waals surface area contributed by atoms with Crippen molar-refractivity contribution in [1.82, 2.24) is 15.2 Å². The van der Waals surface area contributed by atoms with E-state index in [-0.39, 0.29) is 0 Å². The van der Waals surface area contributed by atoms with Gasteiger partial charge < -0.3 is 5.73 Å². The number of hydrogen-bond donors (Lipinski definition) is 1. The molecular formula is C14H12N4. The molecule has 0 aliphatic rings. The Bertz CT molecular complexity index is 722. The highest BCUT2D eigenvalue weighted by Crippen LogP contribution is 2.22. The standard InChI is InChI=1S/C14H12N4/c1-9-2-3-11-7-12(5-4-10(11)6-9)14-17-13(15)8-16-18-14/h2-8H,1H3,(H2,15,17,18). The Balaban J connectivity index is 2.16. The van der Waals surface area contributed by atoms with Crippen molar-refractivity contribution in [3.8, 4) is 11.4 Å². The predicted molar refractivity (Wildman–Crippen MR) is 71.9 cm³/mol. The number of fused-ring (bicyclic) bond motifs is 1. The van der Waals surface area contributed by atoms with Crippen molar-refractivity contribution < 1.29 is 0 Å². The van der Waals surface area contributed by atoms with Crippen LogP contribution in [-0.4, -0.2) is 15.2 Å². The van der Waals surface area contributed by atoms with Gasteiger partial charge in [0.25, 0.3) is 0 Å². The molecule has 0 aliphatic heterocycles. The minimum absolute atomic E-state index is 0.379. The van der Waals surface area contributed by atoms with Crippen LogP contribution < -0.4 is 5.73 Å². The average Bonchev–Trinajstić information content (AvgIpc) is 2.38. The molecule has 0 bridgehead atoms. The van der Waals surface area contributed by atoms with Gasteiger partial charge in [0.15, 0.2) is 5.82 Å². The molecule has 0 amide bonds. The molecule has 4 nitrogen and oxygen atoms in total. The van der Waals surface area contributed by atoms with Crippen molar-refractivity contribution in [2.24, 2.45) is 0 Å². The number of aromatic nitrogens is 3. The van der Waals surface area contributed by atoms with Gasteiger partial charge in [0, 0.05) is 5.56 Å². The fourth-order valence-electron chi connectivity index (χ4n) is 1.94. The summed E-state index contributed by atoms with van der Waals surface area (Å²) in [6.45, 7) is 2.08. The van der Waals surface area contributed by atoms with E-state index in [1.165, 1.54) is 17.1 Å². The Hall–Kier alpha value is -2.49. The molecule has 0 radical (unpaired) electrons. The average molecular weight is 236 g/mol. The van der Waals surface area contributed by atoms with Gasteiger partial charge in [-0.1, -0.05) is 35.9 Å². The fourth-order valence-corrected chi connectivity index (χ4v) is 1.94. The van der Waals surface area contributed by atoms with Crippen molar-refractivity contribution in [1.29, 1.82) is 0 Å². The van der Waals surface area contributed by atoms with Crippen molar-refractivity contribution in [3.05, 3.63) is 48.2 Å². The van der Waals surface area contributed by atoms with E-state index in [1.807, 2.05) is 12.1 Å². The quantitative estimate of drug-likeness (QED) is 0.705. The van der Waals surface area contributed by atoms with Crippen LogP contribution in [0, 0.1) is 6.92 Å². The minimum atomic E-state index is 0.379. The molecule has 4 heteroatoms. The van der Waals surface area contributed by atoms with E-state index in [9.17, 15) is 0 Å². The summed E-state index contributed by atoms with van der Waals surface area (Å²) >= 11 is 0. The zero-order chi connectivity index (χ0) is 12.5. The maximum Gasteiger partial charge on any atom is 0.183 e. The summed E-state index contributed by atoms with van der Waals surface area (Å²) in [7, 11) is 0. The van der Waals surface area contributed by atoms with Gasteiger partial charge in [0.1, 0.15) is 5.82 Å². The second-order valence-corrected chi connectivity index (χ2v) is 4.27. The van der Waals surface area contributed by atoms with Gasteiger partial charge in [-0.2, -0.15) is 5.10 Å². The number of hydrogen-bond acceptors (Lipinski definition) is 4. The number of benzene rings is 2. The Morgan fingerprint density at radius 2 is 1.78 bits per heavy atom. The van der Waals surface area contributed by atoms with Crippen LogP contribution >= 0.6 is 0 Å². The molecule has 1 aromatic heterocycles. The highest BCUT2D eigenvalue weighted by molar-refractivity contribution is 5.86. The summed E-state index contributed by atoms with van der Waals surface area (Å²) in [5.41, 5.74) is 7.78. The van der Waals surface area contributed by atoms with E-state index in [2.05, 4.69) is 46.4 Å². The normalized spacial score (nSPS) is 10.7. The molecule has 0 fully saturated rings. The summed E-state index contributed by atoms with van der Waals surface area (Å²) < 4.78 is 0. The third-order valence-electron chi connectivity index (χ3n) is 2.83. The van der Waals surface area contributed by atoms with Crippen LogP contribution in [0.15, 0.2) is 42.6 Å². The monoisotopic (exact) mass is 236 g/mol. The molecule has 18 heavy (non-hydrogen) atoms. The first-order valence-electron chi connectivity index (χ1n) is 5.68. The van der Waals surface area contributed by atoms with Crippen LogP contribution in [0.5, 0.6) is 0 Å². The maximum atomic E-state index is 5.61. The van der Waals surface area contributed by atoms with E-state index in [4.69, 9.17) is 5.73 Å². The minimum Gasteiger partial charge on any atom is -0.382 e. The van der Waals surface area contributed by atoms with Crippen molar-refractivity contribution >= 4 is 16.6 Å². The third kappa shape index (κ3) is 1.88. The zero-order valence-electron chi connectivity index (χ0n) is 9.96. The van der Waals surface area contributed by atoms with Crippen LogP contribution in [0.2, 0.25) is 0 Å². The summed E-state index contributed by atoms with van der Waals surface area (Å²) in [5.74, 6) is 0.932. The van der Waals surface area contributed by atoms with Crippen molar-refractivity contribution in [3.63, 3.8) is 0 Å². The summed E-state index contributed by atoms with van der Waals surface area (Å²) in [6.07, 6.45) is 1.44. The van der Waals surface area contributed by atoms with E-state index >= 15 is 0 Å². The zero-order valence-corrected chi connectivity index (χ0v) is 9.96. The first-order valence-corrected chi connectivity index (χ1v) is 5.68. The maximum absolute atomic E-state index is 5.61. The topological polar surface area (TPSA) is 64.7 Å². The molecule has 3 rings (SSSR count). The van der Waals surface area contributed by atoms with Gasteiger partial charge in [-0.3, -0.25) is 0 Å². The number of nitrogen functional groups attached to an aromatic ring is 1. The molecule has 1 heterocycles. The van der Waals surface area contributed by atoms with E-state index in [1.54, 1.807) is 0 Å². The Morgan fingerprint density at radius 1 is 1.00 bits per heavy atom.